The number of rotatable bonds is 7. The molecule has 0 aliphatic heterocycles. The highest BCUT2D eigenvalue weighted by atomic mass is 19.1. The average molecular weight is 257 g/mol. The van der Waals surface area contributed by atoms with E-state index in [-0.39, 0.29) is 24.4 Å². The van der Waals surface area contributed by atoms with Crippen molar-refractivity contribution < 1.29 is 24.1 Å². The van der Waals surface area contributed by atoms with E-state index in [1.807, 2.05) is 0 Å². The van der Waals surface area contributed by atoms with Crippen molar-refractivity contribution in [2.45, 2.75) is 0 Å². The maximum absolute atomic E-state index is 13.8. The van der Waals surface area contributed by atoms with E-state index in [1.165, 1.54) is 30.2 Å². The lowest BCUT2D eigenvalue weighted by Gasteiger charge is -2.25. The molecule has 0 fully saturated rings. The Morgan fingerprint density at radius 3 is 2.72 bits per heavy atom. The second-order valence-corrected chi connectivity index (χ2v) is 3.64. The Bertz CT molecular complexity index is 411. The number of aliphatic hydroxyl groups is 1. The van der Waals surface area contributed by atoms with E-state index in [1.54, 1.807) is 0 Å². The van der Waals surface area contributed by atoms with Gasteiger partial charge in [-0.15, -0.1) is 0 Å². The Kier molecular flexibility index (Phi) is 5.54. The molecule has 0 atom stereocenters. The largest absolute Gasteiger partial charge is 0.478 e. The standard InChI is InChI=1S/C12H16FNO4/c1-18-8-6-14(5-7-15)11-9(12(16)17)3-2-4-10(11)13/h2-4,15H,5-8H2,1H3,(H,16,17). The number of ether oxygens (including phenoxy) is 1. The second kappa shape index (κ2) is 6.93. The summed E-state index contributed by atoms with van der Waals surface area (Å²) in [5.41, 5.74) is -0.143. The molecular formula is C12H16FNO4. The number of carboxylic acids is 1. The number of hydrogen-bond acceptors (Lipinski definition) is 4. The number of nitrogens with zero attached hydrogens (tertiary/aromatic N) is 1. The summed E-state index contributed by atoms with van der Waals surface area (Å²) >= 11 is 0. The smallest absolute Gasteiger partial charge is 0.337 e. The molecule has 1 rings (SSSR count). The van der Waals surface area contributed by atoms with Crippen molar-refractivity contribution in [3.8, 4) is 0 Å². The van der Waals surface area contributed by atoms with Gasteiger partial charge in [-0.3, -0.25) is 0 Å². The minimum Gasteiger partial charge on any atom is -0.478 e. The maximum Gasteiger partial charge on any atom is 0.337 e. The van der Waals surface area contributed by atoms with Crippen molar-refractivity contribution >= 4 is 11.7 Å². The summed E-state index contributed by atoms with van der Waals surface area (Å²) in [7, 11) is 1.50. The molecule has 0 saturated carbocycles. The fourth-order valence-corrected chi connectivity index (χ4v) is 1.67. The normalized spacial score (nSPS) is 10.4. The van der Waals surface area contributed by atoms with Gasteiger partial charge < -0.3 is 19.8 Å². The molecule has 0 bridgehead atoms. The first-order valence-electron chi connectivity index (χ1n) is 5.48. The summed E-state index contributed by atoms with van der Waals surface area (Å²) in [6, 6.07) is 3.87. The molecular weight excluding hydrogens is 241 g/mol. The molecule has 100 valence electrons. The van der Waals surface area contributed by atoms with Crippen LogP contribution < -0.4 is 4.90 Å². The third kappa shape index (κ3) is 3.41. The van der Waals surface area contributed by atoms with Crippen molar-refractivity contribution in [1.82, 2.24) is 0 Å². The summed E-state index contributed by atoms with van der Waals surface area (Å²) in [5, 5.41) is 18.0. The number of carbonyl (C=O) groups is 1. The minimum absolute atomic E-state index is 0.0175. The Labute approximate surface area is 104 Å². The van der Waals surface area contributed by atoms with Gasteiger partial charge >= 0.3 is 5.97 Å². The van der Waals surface area contributed by atoms with E-state index in [4.69, 9.17) is 14.9 Å². The molecule has 0 radical (unpaired) electrons. The fraction of sp³-hybridized carbons (Fsp3) is 0.417. The second-order valence-electron chi connectivity index (χ2n) is 3.64. The predicted octanol–water partition coefficient (Wildman–Crippen LogP) is 0.969. The molecule has 0 aliphatic carbocycles. The van der Waals surface area contributed by atoms with Gasteiger partial charge in [-0.2, -0.15) is 0 Å². The van der Waals surface area contributed by atoms with Gasteiger partial charge in [-0.05, 0) is 12.1 Å². The van der Waals surface area contributed by atoms with Gasteiger partial charge in [0.2, 0.25) is 0 Å². The monoisotopic (exact) mass is 257 g/mol. The first-order chi connectivity index (χ1) is 8.61. The van der Waals surface area contributed by atoms with E-state index in [2.05, 4.69) is 0 Å². The van der Waals surface area contributed by atoms with Crippen LogP contribution >= 0.6 is 0 Å². The van der Waals surface area contributed by atoms with Crippen LogP contribution in [0.5, 0.6) is 0 Å². The molecule has 0 aliphatic rings. The van der Waals surface area contributed by atoms with Crippen molar-refractivity contribution in [1.29, 1.82) is 0 Å². The molecule has 18 heavy (non-hydrogen) atoms. The lowest BCUT2D eigenvalue weighted by Crippen LogP contribution is -2.32. The summed E-state index contributed by atoms with van der Waals surface area (Å²) in [6.07, 6.45) is 0. The zero-order valence-corrected chi connectivity index (χ0v) is 10.1. The number of benzene rings is 1. The van der Waals surface area contributed by atoms with E-state index < -0.39 is 11.8 Å². The number of carboxylic acid groups (broad SMARTS) is 1. The van der Waals surface area contributed by atoms with Gasteiger partial charge in [-0.25, -0.2) is 9.18 Å². The molecule has 1 aromatic carbocycles. The van der Waals surface area contributed by atoms with E-state index in [9.17, 15) is 9.18 Å². The first kappa shape index (κ1) is 14.4. The zero-order chi connectivity index (χ0) is 13.5. The SMILES string of the molecule is COCCN(CCO)c1c(F)cccc1C(=O)O. The van der Waals surface area contributed by atoms with Gasteiger partial charge in [-0.1, -0.05) is 6.07 Å². The van der Waals surface area contributed by atoms with Gasteiger partial charge in [0, 0.05) is 20.2 Å². The van der Waals surface area contributed by atoms with Crippen LogP contribution in [-0.4, -0.2) is 49.6 Å². The summed E-state index contributed by atoms with van der Waals surface area (Å²) in [5.74, 6) is -1.83. The summed E-state index contributed by atoms with van der Waals surface area (Å²) in [4.78, 5) is 12.5. The van der Waals surface area contributed by atoms with Crippen molar-refractivity contribution in [2.75, 3.05) is 38.3 Å². The van der Waals surface area contributed by atoms with Gasteiger partial charge in [0.25, 0.3) is 0 Å². The number of halogens is 1. The number of methoxy groups -OCH3 is 1. The number of para-hydroxylation sites is 1. The van der Waals surface area contributed by atoms with Crippen LogP contribution in [0, 0.1) is 5.82 Å². The third-order valence-corrected chi connectivity index (χ3v) is 2.47. The number of aliphatic hydroxyl groups excluding tert-OH is 1. The summed E-state index contributed by atoms with van der Waals surface area (Å²) < 4.78 is 18.7. The quantitative estimate of drug-likeness (QED) is 0.761. The highest BCUT2D eigenvalue weighted by Gasteiger charge is 2.19. The Balaban J connectivity index is 3.12. The van der Waals surface area contributed by atoms with Gasteiger partial charge in [0.15, 0.2) is 0 Å². The fourth-order valence-electron chi connectivity index (χ4n) is 1.67. The number of anilines is 1. The highest BCUT2D eigenvalue weighted by Crippen LogP contribution is 2.24. The third-order valence-electron chi connectivity index (χ3n) is 2.47. The predicted molar refractivity (Wildman–Crippen MR) is 64.5 cm³/mol. The van der Waals surface area contributed by atoms with E-state index in [0.717, 1.165) is 0 Å². The molecule has 6 heteroatoms. The van der Waals surface area contributed by atoms with Crippen LogP contribution in [0.25, 0.3) is 0 Å². The van der Waals surface area contributed by atoms with Crippen LogP contribution in [0.1, 0.15) is 10.4 Å². The van der Waals surface area contributed by atoms with Crippen LogP contribution in [0.15, 0.2) is 18.2 Å². The van der Waals surface area contributed by atoms with Gasteiger partial charge in [0.1, 0.15) is 5.82 Å². The Hall–Kier alpha value is -1.66. The van der Waals surface area contributed by atoms with Crippen LogP contribution in [0.2, 0.25) is 0 Å². The molecule has 5 nitrogen and oxygen atoms in total. The molecule has 0 amide bonds. The van der Waals surface area contributed by atoms with E-state index >= 15 is 0 Å². The molecule has 1 aromatic rings. The molecule has 0 spiro atoms. The average Bonchev–Trinajstić information content (AvgIpc) is 2.34. The van der Waals surface area contributed by atoms with Crippen molar-refractivity contribution in [3.05, 3.63) is 29.6 Å². The molecule has 2 N–H and O–H groups in total. The molecule has 0 heterocycles. The van der Waals surface area contributed by atoms with E-state index in [0.29, 0.717) is 13.2 Å². The minimum atomic E-state index is -1.20. The zero-order valence-electron chi connectivity index (χ0n) is 10.1. The Morgan fingerprint density at radius 2 is 2.17 bits per heavy atom. The van der Waals surface area contributed by atoms with Crippen LogP contribution in [-0.2, 0) is 4.74 Å². The number of aromatic carboxylic acids is 1. The van der Waals surface area contributed by atoms with Crippen molar-refractivity contribution in [3.63, 3.8) is 0 Å². The van der Waals surface area contributed by atoms with Crippen LogP contribution in [0.3, 0.4) is 0 Å². The topological polar surface area (TPSA) is 70.0 Å². The lowest BCUT2D eigenvalue weighted by atomic mass is 10.1. The van der Waals surface area contributed by atoms with Gasteiger partial charge in [0.05, 0.1) is 24.5 Å². The summed E-state index contributed by atoms with van der Waals surface area (Å²) in [6.45, 7) is 0.563. The molecule has 0 aromatic heterocycles. The maximum atomic E-state index is 13.8. The lowest BCUT2D eigenvalue weighted by molar-refractivity contribution is 0.0696. The molecule has 0 saturated heterocycles. The number of hydrogen-bond donors (Lipinski definition) is 2. The first-order valence-corrected chi connectivity index (χ1v) is 5.48. The molecule has 0 unspecified atom stereocenters. The van der Waals surface area contributed by atoms with Crippen molar-refractivity contribution in [2.24, 2.45) is 0 Å². The highest BCUT2D eigenvalue weighted by molar-refractivity contribution is 5.94. The van der Waals surface area contributed by atoms with Crippen LogP contribution in [0.4, 0.5) is 10.1 Å². The Morgan fingerprint density at radius 1 is 1.44 bits per heavy atom.